The number of carbonyl (C=O) groups is 1. The minimum Gasteiger partial charge on any atom is -0.491 e. The monoisotopic (exact) mass is 412 g/mol. The molecule has 1 aromatic carbocycles. The first-order valence-corrected chi connectivity index (χ1v) is 10.2. The fourth-order valence-corrected chi connectivity index (χ4v) is 3.31. The maximum absolute atomic E-state index is 12.1. The van der Waals surface area contributed by atoms with Crippen LogP contribution in [0.4, 0.5) is 4.79 Å². The van der Waals surface area contributed by atoms with Crippen molar-refractivity contribution in [3.8, 4) is 5.75 Å². The van der Waals surface area contributed by atoms with Crippen LogP contribution >= 0.6 is 11.6 Å². The summed E-state index contributed by atoms with van der Waals surface area (Å²) < 4.78 is 16.3. The first-order valence-electron chi connectivity index (χ1n) is 9.87. The molecule has 1 aromatic rings. The molecule has 0 unspecified atom stereocenters. The molecule has 0 aliphatic carbocycles. The van der Waals surface area contributed by atoms with Gasteiger partial charge in [0.25, 0.3) is 0 Å². The average Bonchev–Trinajstić information content (AvgIpc) is 2.63. The summed E-state index contributed by atoms with van der Waals surface area (Å²) in [5.74, 6) is 1.37. The molecule has 0 radical (unpaired) electrons. The lowest BCUT2D eigenvalue weighted by atomic mass is 9.97. The molecule has 0 aromatic heterocycles. The van der Waals surface area contributed by atoms with Gasteiger partial charge in [-0.15, -0.1) is 0 Å². The molecule has 2 rings (SSSR count). The van der Waals surface area contributed by atoms with E-state index >= 15 is 0 Å². The minimum absolute atomic E-state index is 0.212. The first kappa shape index (κ1) is 22.8. The van der Waals surface area contributed by atoms with E-state index in [0.29, 0.717) is 30.7 Å². The van der Waals surface area contributed by atoms with Gasteiger partial charge in [-0.1, -0.05) is 11.6 Å². The lowest BCUT2D eigenvalue weighted by Gasteiger charge is -2.33. The predicted molar refractivity (Wildman–Crippen MR) is 111 cm³/mol. The maximum atomic E-state index is 12.1. The number of carbonyl (C=O) groups excluding carboxylic acids is 1. The Balaban J connectivity index is 1.76. The molecule has 1 fully saturated rings. The molecule has 6 nitrogen and oxygen atoms in total. The van der Waals surface area contributed by atoms with Crippen LogP contribution in [0.3, 0.4) is 0 Å². The van der Waals surface area contributed by atoms with Crippen LogP contribution in [0.15, 0.2) is 18.2 Å². The Bertz CT molecular complexity index is 625. The molecule has 0 bridgehead atoms. The summed E-state index contributed by atoms with van der Waals surface area (Å²) in [6.07, 6.45) is 1.73. The third kappa shape index (κ3) is 7.86. The van der Waals surface area contributed by atoms with Gasteiger partial charge in [0.1, 0.15) is 18.0 Å². The molecule has 7 heteroatoms. The van der Waals surface area contributed by atoms with Gasteiger partial charge in [-0.2, -0.15) is 0 Å². The summed E-state index contributed by atoms with van der Waals surface area (Å²) in [4.78, 5) is 14.0. The highest BCUT2D eigenvalue weighted by atomic mass is 35.5. The smallest absolute Gasteiger partial charge is 0.410 e. The van der Waals surface area contributed by atoms with Crippen molar-refractivity contribution in [2.45, 2.75) is 45.8 Å². The van der Waals surface area contributed by atoms with Gasteiger partial charge in [0.15, 0.2) is 0 Å². The van der Waals surface area contributed by atoms with Gasteiger partial charge >= 0.3 is 6.09 Å². The Labute approximate surface area is 173 Å². The Hall–Kier alpha value is -1.50. The fraction of sp³-hybridized carbons (Fsp3) is 0.667. The van der Waals surface area contributed by atoms with Crippen molar-refractivity contribution in [2.75, 3.05) is 40.0 Å². The lowest BCUT2D eigenvalue weighted by Crippen LogP contribution is -2.43. The van der Waals surface area contributed by atoms with Crippen LogP contribution in [0.25, 0.3) is 0 Å². The molecule has 1 aliphatic heterocycles. The van der Waals surface area contributed by atoms with E-state index < -0.39 is 5.60 Å². The number of amides is 1. The lowest BCUT2D eigenvalue weighted by molar-refractivity contribution is 0.0184. The largest absolute Gasteiger partial charge is 0.491 e. The van der Waals surface area contributed by atoms with Crippen LogP contribution in [0, 0.1) is 5.92 Å². The summed E-state index contributed by atoms with van der Waals surface area (Å²) in [7, 11) is 1.65. The second kappa shape index (κ2) is 10.9. The average molecular weight is 413 g/mol. The van der Waals surface area contributed by atoms with Crippen LogP contribution in [-0.4, -0.2) is 56.6 Å². The highest BCUT2D eigenvalue weighted by Gasteiger charge is 2.26. The molecule has 1 aliphatic rings. The normalized spacial score (nSPS) is 15.5. The van der Waals surface area contributed by atoms with Crippen LogP contribution in [0.1, 0.15) is 39.2 Å². The zero-order chi connectivity index (χ0) is 20.6. The number of ether oxygens (including phenoxy) is 3. The summed E-state index contributed by atoms with van der Waals surface area (Å²) >= 11 is 6.14. The van der Waals surface area contributed by atoms with Gasteiger partial charge in [0.2, 0.25) is 0 Å². The Kier molecular flexibility index (Phi) is 8.86. The molecule has 158 valence electrons. The van der Waals surface area contributed by atoms with Gasteiger partial charge in [-0.25, -0.2) is 4.79 Å². The van der Waals surface area contributed by atoms with Crippen molar-refractivity contribution in [1.82, 2.24) is 10.2 Å². The number of likely N-dealkylation sites (tertiary alicyclic amines) is 1. The number of hydrogen-bond acceptors (Lipinski definition) is 5. The summed E-state index contributed by atoms with van der Waals surface area (Å²) in [6, 6.07) is 5.66. The topological polar surface area (TPSA) is 60.0 Å². The zero-order valence-corrected chi connectivity index (χ0v) is 18.2. The quantitative estimate of drug-likeness (QED) is 0.651. The van der Waals surface area contributed by atoms with E-state index in [2.05, 4.69) is 5.32 Å². The Morgan fingerprint density at radius 1 is 1.25 bits per heavy atom. The SMILES string of the molecule is COCCOc1ccc(Cl)cc1CNCC1CCN(C(=O)OC(C)(C)C)CC1. The molecule has 28 heavy (non-hydrogen) atoms. The number of rotatable bonds is 8. The number of benzene rings is 1. The van der Waals surface area contributed by atoms with Gasteiger partial charge in [-0.05, 0) is 64.3 Å². The van der Waals surface area contributed by atoms with Crippen molar-refractivity contribution in [2.24, 2.45) is 5.92 Å². The van der Waals surface area contributed by atoms with E-state index in [0.717, 1.165) is 43.8 Å². The number of hydrogen-bond donors (Lipinski definition) is 1. The minimum atomic E-state index is -0.449. The number of piperidine rings is 1. The standard InChI is InChI=1S/C21H33ClN2O4/c1-21(2,3)28-20(25)24-9-7-16(8-10-24)14-23-15-17-13-18(22)5-6-19(17)27-12-11-26-4/h5-6,13,16,23H,7-12,14-15H2,1-4H3. The molecule has 1 N–H and O–H groups in total. The van der Waals surface area contributed by atoms with Crippen LogP contribution in [0.5, 0.6) is 5.75 Å². The van der Waals surface area contributed by atoms with Gasteiger partial charge in [0, 0.05) is 37.3 Å². The van der Waals surface area contributed by atoms with E-state index in [1.807, 2.05) is 39.0 Å². The number of nitrogens with one attached hydrogen (secondary N) is 1. The highest BCUT2D eigenvalue weighted by molar-refractivity contribution is 6.30. The van der Waals surface area contributed by atoms with Crippen molar-refractivity contribution < 1.29 is 19.0 Å². The number of nitrogens with zero attached hydrogens (tertiary/aromatic N) is 1. The highest BCUT2D eigenvalue weighted by Crippen LogP contribution is 2.24. The van der Waals surface area contributed by atoms with Crippen molar-refractivity contribution >= 4 is 17.7 Å². The van der Waals surface area contributed by atoms with Crippen molar-refractivity contribution in [3.05, 3.63) is 28.8 Å². The second-order valence-corrected chi connectivity index (χ2v) is 8.57. The maximum Gasteiger partial charge on any atom is 0.410 e. The van der Waals surface area contributed by atoms with E-state index in [1.54, 1.807) is 12.0 Å². The molecule has 0 saturated carbocycles. The number of halogens is 1. The van der Waals surface area contributed by atoms with Crippen LogP contribution < -0.4 is 10.1 Å². The van der Waals surface area contributed by atoms with Gasteiger partial charge < -0.3 is 24.4 Å². The van der Waals surface area contributed by atoms with Crippen molar-refractivity contribution in [3.63, 3.8) is 0 Å². The number of methoxy groups -OCH3 is 1. The van der Waals surface area contributed by atoms with E-state index in [9.17, 15) is 4.79 Å². The molecule has 1 amide bonds. The predicted octanol–water partition coefficient (Wildman–Crippen LogP) is 4.10. The molecule has 1 saturated heterocycles. The van der Waals surface area contributed by atoms with Crippen LogP contribution in [0.2, 0.25) is 5.02 Å². The molecule has 1 heterocycles. The third-order valence-corrected chi connectivity index (χ3v) is 4.82. The molecular weight excluding hydrogens is 380 g/mol. The Morgan fingerprint density at radius 3 is 2.61 bits per heavy atom. The summed E-state index contributed by atoms with van der Waals surface area (Å²) in [6.45, 7) is 9.80. The summed E-state index contributed by atoms with van der Waals surface area (Å²) in [5.41, 5.74) is 0.588. The van der Waals surface area contributed by atoms with Gasteiger partial charge in [-0.3, -0.25) is 0 Å². The second-order valence-electron chi connectivity index (χ2n) is 8.13. The molecule has 0 atom stereocenters. The van der Waals surface area contributed by atoms with Crippen molar-refractivity contribution in [1.29, 1.82) is 0 Å². The molecular formula is C21H33ClN2O4. The third-order valence-electron chi connectivity index (χ3n) is 4.58. The summed E-state index contributed by atoms with van der Waals surface area (Å²) in [5, 5.41) is 4.20. The van der Waals surface area contributed by atoms with E-state index in [-0.39, 0.29) is 6.09 Å². The van der Waals surface area contributed by atoms with Crippen LogP contribution in [-0.2, 0) is 16.0 Å². The fourth-order valence-electron chi connectivity index (χ4n) is 3.12. The zero-order valence-electron chi connectivity index (χ0n) is 17.4. The first-order chi connectivity index (χ1) is 13.3. The van der Waals surface area contributed by atoms with E-state index in [1.165, 1.54) is 0 Å². The Morgan fingerprint density at radius 2 is 1.96 bits per heavy atom. The molecule has 0 spiro atoms. The van der Waals surface area contributed by atoms with E-state index in [4.69, 9.17) is 25.8 Å². The van der Waals surface area contributed by atoms with Gasteiger partial charge in [0.05, 0.1) is 6.61 Å².